The molecule has 0 radical (unpaired) electrons. The average molecular weight is 256 g/mol. The Morgan fingerprint density at radius 2 is 2.36 bits per heavy atom. The van der Waals surface area contributed by atoms with Gasteiger partial charge in [-0.15, -0.1) is 0 Å². The zero-order chi connectivity index (χ0) is 10.0. The zero-order valence-corrected chi connectivity index (χ0v) is 9.55. The lowest BCUT2D eigenvalue weighted by molar-refractivity contribution is 0.205. The highest BCUT2D eigenvalue weighted by atomic mass is 79.9. The molecule has 1 aliphatic heterocycles. The van der Waals surface area contributed by atoms with E-state index in [2.05, 4.69) is 33.4 Å². The molecule has 1 saturated heterocycles. The van der Waals surface area contributed by atoms with Gasteiger partial charge < -0.3 is 10.4 Å². The van der Waals surface area contributed by atoms with Crippen molar-refractivity contribution in [1.29, 1.82) is 0 Å². The van der Waals surface area contributed by atoms with Gasteiger partial charge in [0.25, 0.3) is 0 Å². The van der Waals surface area contributed by atoms with Gasteiger partial charge in [0.05, 0.1) is 6.61 Å². The number of rotatable bonds is 2. The van der Waals surface area contributed by atoms with Crippen LogP contribution in [0.1, 0.15) is 12.0 Å². The Hall–Kier alpha value is -0.380. The summed E-state index contributed by atoms with van der Waals surface area (Å²) >= 11 is 3.46. The van der Waals surface area contributed by atoms with Crippen LogP contribution >= 0.6 is 15.9 Å². The number of aliphatic hydroxyl groups excluding tert-OH is 1. The van der Waals surface area contributed by atoms with Crippen molar-refractivity contribution >= 4 is 15.9 Å². The third-order valence-electron chi connectivity index (χ3n) is 2.98. The van der Waals surface area contributed by atoms with E-state index >= 15 is 0 Å². The van der Waals surface area contributed by atoms with Crippen LogP contribution in [0.3, 0.4) is 0 Å². The predicted octanol–water partition coefficient (Wildman–Crippen LogP) is 1.67. The minimum Gasteiger partial charge on any atom is -0.395 e. The lowest BCUT2D eigenvalue weighted by Gasteiger charge is -2.26. The van der Waals surface area contributed by atoms with Crippen molar-refractivity contribution in [2.75, 3.05) is 19.7 Å². The van der Waals surface area contributed by atoms with E-state index in [4.69, 9.17) is 0 Å². The Morgan fingerprint density at radius 1 is 1.50 bits per heavy atom. The van der Waals surface area contributed by atoms with Crippen LogP contribution in [0.2, 0.25) is 0 Å². The first-order valence-electron chi connectivity index (χ1n) is 4.84. The van der Waals surface area contributed by atoms with Gasteiger partial charge in [0.1, 0.15) is 0 Å². The van der Waals surface area contributed by atoms with E-state index in [1.807, 2.05) is 12.1 Å². The Morgan fingerprint density at radius 3 is 2.93 bits per heavy atom. The van der Waals surface area contributed by atoms with E-state index in [9.17, 15) is 5.11 Å². The van der Waals surface area contributed by atoms with E-state index in [1.54, 1.807) is 0 Å². The van der Waals surface area contributed by atoms with Gasteiger partial charge >= 0.3 is 0 Å². The molecule has 2 nitrogen and oxygen atoms in total. The summed E-state index contributed by atoms with van der Waals surface area (Å²) in [5.41, 5.74) is 1.16. The van der Waals surface area contributed by atoms with E-state index < -0.39 is 0 Å². The summed E-state index contributed by atoms with van der Waals surface area (Å²) in [6.07, 6.45) is 1.01. The lowest BCUT2D eigenvalue weighted by Crippen LogP contribution is -2.32. The lowest BCUT2D eigenvalue weighted by atomic mass is 9.80. The van der Waals surface area contributed by atoms with Gasteiger partial charge in [-0.25, -0.2) is 0 Å². The standard InChI is InChI=1S/C11H14BrNO/c12-10-3-1-2-9(6-10)11(8-14)4-5-13-7-11/h1-3,6,13-14H,4-5,7-8H2. The molecule has 3 heteroatoms. The van der Waals surface area contributed by atoms with Crippen molar-refractivity contribution in [1.82, 2.24) is 5.32 Å². The molecule has 1 fully saturated rings. The van der Waals surface area contributed by atoms with Crippen molar-refractivity contribution in [3.63, 3.8) is 0 Å². The number of hydrogen-bond donors (Lipinski definition) is 2. The van der Waals surface area contributed by atoms with Gasteiger partial charge in [0.15, 0.2) is 0 Å². The second kappa shape index (κ2) is 4.01. The summed E-state index contributed by atoms with van der Waals surface area (Å²) in [6, 6.07) is 8.23. The fraction of sp³-hybridized carbons (Fsp3) is 0.455. The summed E-state index contributed by atoms with van der Waals surface area (Å²) in [7, 11) is 0. The maximum Gasteiger partial charge on any atom is 0.0540 e. The van der Waals surface area contributed by atoms with Gasteiger partial charge in [-0.1, -0.05) is 28.1 Å². The van der Waals surface area contributed by atoms with Crippen LogP contribution in [0.25, 0.3) is 0 Å². The summed E-state index contributed by atoms with van der Waals surface area (Å²) < 4.78 is 1.08. The normalized spacial score (nSPS) is 26.7. The Balaban J connectivity index is 2.35. The van der Waals surface area contributed by atoms with Gasteiger partial charge in [-0.3, -0.25) is 0 Å². The first-order valence-corrected chi connectivity index (χ1v) is 5.64. The predicted molar refractivity (Wildman–Crippen MR) is 60.4 cm³/mol. The molecule has 0 bridgehead atoms. The van der Waals surface area contributed by atoms with Crippen LogP contribution in [-0.2, 0) is 5.41 Å². The molecule has 2 N–H and O–H groups in total. The van der Waals surface area contributed by atoms with Crippen LogP contribution in [-0.4, -0.2) is 24.8 Å². The van der Waals surface area contributed by atoms with Crippen LogP contribution in [0.5, 0.6) is 0 Å². The maximum absolute atomic E-state index is 9.51. The number of hydrogen-bond acceptors (Lipinski definition) is 2. The summed E-state index contributed by atoms with van der Waals surface area (Å²) in [5.74, 6) is 0. The minimum atomic E-state index is -0.0657. The van der Waals surface area contributed by atoms with Crippen LogP contribution < -0.4 is 5.32 Å². The van der Waals surface area contributed by atoms with Crippen molar-refractivity contribution in [3.8, 4) is 0 Å². The molecule has 2 rings (SSSR count). The van der Waals surface area contributed by atoms with Crippen molar-refractivity contribution < 1.29 is 5.11 Å². The molecule has 14 heavy (non-hydrogen) atoms. The fourth-order valence-electron chi connectivity index (χ4n) is 2.03. The maximum atomic E-state index is 9.51. The van der Waals surface area contributed by atoms with Crippen LogP contribution in [0, 0.1) is 0 Å². The second-order valence-electron chi connectivity index (χ2n) is 3.88. The third kappa shape index (κ3) is 1.72. The van der Waals surface area contributed by atoms with E-state index in [1.165, 1.54) is 5.56 Å². The molecule has 1 atom stereocenters. The monoisotopic (exact) mass is 255 g/mol. The van der Waals surface area contributed by atoms with E-state index in [0.717, 1.165) is 24.0 Å². The fourth-order valence-corrected chi connectivity index (χ4v) is 2.43. The van der Waals surface area contributed by atoms with E-state index in [-0.39, 0.29) is 12.0 Å². The molecule has 1 aromatic carbocycles. The number of halogens is 1. The number of nitrogens with one attached hydrogen (secondary N) is 1. The van der Waals surface area contributed by atoms with Gasteiger partial charge in [0.2, 0.25) is 0 Å². The molecule has 76 valence electrons. The first-order chi connectivity index (χ1) is 6.77. The quantitative estimate of drug-likeness (QED) is 0.843. The number of benzene rings is 1. The minimum absolute atomic E-state index is 0.0657. The second-order valence-corrected chi connectivity index (χ2v) is 4.79. The average Bonchev–Trinajstić information content (AvgIpc) is 2.67. The number of aliphatic hydroxyl groups is 1. The molecule has 1 aliphatic rings. The van der Waals surface area contributed by atoms with E-state index in [0.29, 0.717) is 0 Å². The highest BCUT2D eigenvalue weighted by Crippen LogP contribution is 2.31. The van der Waals surface area contributed by atoms with Crippen LogP contribution in [0.15, 0.2) is 28.7 Å². The Kier molecular flexibility index (Phi) is 2.91. The molecule has 0 aromatic heterocycles. The van der Waals surface area contributed by atoms with Crippen molar-refractivity contribution in [2.24, 2.45) is 0 Å². The summed E-state index contributed by atoms with van der Waals surface area (Å²) in [4.78, 5) is 0. The molecular weight excluding hydrogens is 242 g/mol. The highest BCUT2D eigenvalue weighted by molar-refractivity contribution is 9.10. The Labute approximate surface area is 92.5 Å². The zero-order valence-electron chi connectivity index (χ0n) is 7.96. The van der Waals surface area contributed by atoms with Crippen LogP contribution in [0.4, 0.5) is 0 Å². The first kappa shape index (κ1) is 10.1. The van der Waals surface area contributed by atoms with Crippen molar-refractivity contribution in [2.45, 2.75) is 11.8 Å². The van der Waals surface area contributed by atoms with Crippen molar-refractivity contribution in [3.05, 3.63) is 34.3 Å². The summed E-state index contributed by atoms with van der Waals surface area (Å²) in [5, 5.41) is 12.8. The molecule has 1 heterocycles. The van der Waals surface area contributed by atoms with Gasteiger partial charge in [0, 0.05) is 16.4 Å². The highest BCUT2D eigenvalue weighted by Gasteiger charge is 2.34. The molecular formula is C11H14BrNO. The summed E-state index contributed by atoms with van der Waals surface area (Å²) in [6.45, 7) is 2.09. The SMILES string of the molecule is OCC1(c2cccc(Br)c2)CCNC1. The van der Waals surface area contributed by atoms with Gasteiger partial charge in [-0.05, 0) is 30.7 Å². The molecule has 0 spiro atoms. The molecule has 0 amide bonds. The topological polar surface area (TPSA) is 32.3 Å². The Bertz CT molecular complexity index is 321. The van der Waals surface area contributed by atoms with Gasteiger partial charge in [-0.2, -0.15) is 0 Å². The molecule has 0 aliphatic carbocycles. The molecule has 0 saturated carbocycles. The largest absolute Gasteiger partial charge is 0.395 e. The molecule has 1 aromatic rings. The smallest absolute Gasteiger partial charge is 0.0540 e. The molecule has 1 unspecified atom stereocenters. The third-order valence-corrected chi connectivity index (χ3v) is 3.48.